The number of hydrogen-bond donors (Lipinski definition) is 0. The van der Waals surface area contributed by atoms with Gasteiger partial charge < -0.3 is 9.47 Å². The fourth-order valence-corrected chi connectivity index (χ4v) is 0.955. The predicted molar refractivity (Wildman–Crippen MR) is 49.4 cm³/mol. The number of carbonyl (C=O) groups excluding carboxylic acids is 1. The Labute approximate surface area is 78.7 Å². The molecule has 0 bridgehead atoms. The van der Waals surface area contributed by atoms with Gasteiger partial charge in [-0.25, -0.2) is 4.79 Å². The van der Waals surface area contributed by atoms with Gasteiger partial charge in [0.2, 0.25) is 0 Å². The van der Waals surface area contributed by atoms with Gasteiger partial charge in [0.1, 0.15) is 0 Å². The molecule has 0 radical (unpaired) electrons. The Morgan fingerprint density at radius 1 is 1.69 bits per heavy atom. The summed E-state index contributed by atoms with van der Waals surface area (Å²) in [6, 6.07) is 0. The zero-order chi connectivity index (χ0) is 9.68. The Morgan fingerprint density at radius 2 is 2.38 bits per heavy atom. The first-order valence-corrected chi connectivity index (χ1v) is 4.70. The Morgan fingerprint density at radius 3 is 2.92 bits per heavy atom. The molecular formula is C10H16O3. The van der Waals surface area contributed by atoms with Crippen molar-refractivity contribution in [1.29, 1.82) is 0 Å². The van der Waals surface area contributed by atoms with Crippen molar-refractivity contribution in [1.82, 2.24) is 0 Å². The summed E-state index contributed by atoms with van der Waals surface area (Å²) in [7, 11) is 0. The van der Waals surface area contributed by atoms with Crippen LogP contribution in [0.4, 0.5) is 0 Å². The second-order valence-corrected chi connectivity index (χ2v) is 3.25. The summed E-state index contributed by atoms with van der Waals surface area (Å²) < 4.78 is 9.97. The fraction of sp³-hybridized carbons (Fsp3) is 0.700. The van der Waals surface area contributed by atoms with Crippen LogP contribution in [0.2, 0.25) is 0 Å². The first-order valence-electron chi connectivity index (χ1n) is 4.70. The minimum absolute atomic E-state index is 0.214. The van der Waals surface area contributed by atoms with Crippen LogP contribution in [0.5, 0.6) is 0 Å². The maximum atomic E-state index is 11.2. The van der Waals surface area contributed by atoms with Gasteiger partial charge in [-0.15, -0.1) is 0 Å². The van der Waals surface area contributed by atoms with Crippen molar-refractivity contribution in [3.05, 3.63) is 12.2 Å². The largest absolute Gasteiger partial charge is 0.462 e. The van der Waals surface area contributed by atoms with E-state index in [1.54, 1.807) is 0 Å². The van der Waals surface area contributed by atoms with E-state index in [0.29, 0.717) is 18.6 Å². The number of esters is 1. The second kappa shape index (κ2) is 5.02. The van der Waals surface area contributed by atoms with Crippen molar-refractivity contribution >= 4 is 5.97 Å². The van der Waals surface area contributed by atoms with Crippen molar-refractivity contribution in [2.75, 3.05) is 13.2 Å². The van der Waals surface area contributed by atoms with Gasteiger partial charge in [-0.3, -0.25) is 0 Å². The third-order valence-corrected chi connectivity index (χ3v) is 1.90. The van der Waals surface area contributed by atoms with Crippen molar-refractivity contribution in [3.8, 4) is 0 Å². The molecule has 1 saturated heterocycles. The predicted octanol–water partition coefficient (Wildman–Crippen LogP) is 1.67. The van der Waals surface area contributed by atoms with E-state index in [1.807, 2.05) is 0 Å². The molecule has 0 N–H and O–H groups in total. The van der Waals surface area contributed by atoms with E-state index < -0.39 is 0 Å². The topological polar surface area (TPSA) is 38.8 Å². The maximum Gasteiger partial charge on any atom is 0.333 e. The van der Waals surface area contributed by atoms with Crippen molar-refractivity contribution in [3.63, 3.8) is 0 Å². The molecule has 13 heavy (non-hydrogen) atoms. The molecule has 0 aromatic carbocycles. The van der Waals surface area contributed by atoms with Crippen molar-refractivity contribution in [2.45, 2.75) is 32.3 Å². The quantitative estimate of drug-likeness (QED) is 0.273. The lowest BCUT2D eigenvalue weighted by atomic mass is 10.2. The standard InChI is InChI=1S/C10H16O3/c1-3-4-5-12-10(11)8(2)6-9-7-13-9/h9H,2-7H2,1H3. The molecule has 1 heterocycles. The van der Waals surface area contributed by atoms with Crippen LogP contribution in [0, 0.1) is 0 Å². The summed E-state index contributed by atoms with van der Waals surface area (Å²) in [4.78, 5) is 11.2. The summed E-state index contributed by atoms with van der Waals surface area (Å²) in [5.74, 6) is -0.274. The van der Waals surface area contributed by atoms with E-state index in [-0.39, 0.29) is 12.1 Å². The molecule has 0 aliphatic carbocycles. The van der Waals surface area contributed by atoms with Gasteiger partial charge in [0, 0.05) is 12.0 Å². The molecule has 1 aliphatic heterocycles. The molecule has 0 aromatic rings. The molecule has 1 fully saturated rings. The molecule has 3 heteroatoms. The molecular weight excluding hydrogens is 168 g/mol. The maximum absolute atomic E-state index is 11.2. The molecule has 0 aromatic heterocycles. The summed E-state index contributed by atoms with van der Waals surface area (Å²) in [5, 5.41) is 0. The normalized spacial score (nSPS) is 19.6. The number of carbonyl (C=O) groups is 1. The molecule has 1 rings (SSSR count). The van der Waals surface area contributed by atoms with Crippen LogP contribution in [0.3, 0.4) is 0 Å². The number of rotatable bonds is 6. The lowest BCUT2D eigenvalue weighted by molar-refractivity contribution is -0.139. The van der Waals surface area contributed by atoms with Crippen LogP contribution >= 0.6 is 0 Å². The number of epoxide rings is 1. The summed E-state index contributed by atoms with van der Waals surface area (Å²) in [5.41, 5.74) is 0.526. The Balaban J connectivity index is 2.09. The van der Waals surface area contributed by atoms with Gasteiger partial charge in [0.15, 0.2) is 0 Å². The van der Waals surface area contributed by atoms with Gasteiger partial charge in [-0.1, -0.05) is 19.9 Å². The van der Waals surface area contributed by atoms with E-state index >= 15 is 0 Å². The molecule has 1 unspecified atom stereocenters. The van der Waals surface area contributed by atoms with Crippen molar-refractivity contribution < 1.29 is 14.3 Å². The van der Waals surface area contributed by atoms with E-state index in [0.717, 1.165) is 19.4 Å². The van der Waals surface area contributed by atoms with E-state index in [9.17, 15) is 4.79 Å². The van der Waals surface area contributed by atoms with Crippen LogP contribution in [-0.2, 0) is 14.3 Å². The van der Waals surface area contributed by atoms with Gasteiger partial charge in [0.25, 0.3) is 0 Å². The molecule has 0 saturated carbocycles. The van der Waals surface area contributed by atoms with E-state index in [1.165, 1.54) is 0 Å². The van der Waals surface area contributed by atoms with Gasteiger partial charge >= 0.3 is 5.97 Å². The molecule has 0 amide bonds. The van der Waals surface area contributed by atoms with Gasteiger partial charge in [-0.2, -0.15) is 0 Å². The highest BCUT2D eigenvalue weighted by Gasteiger charge is 2.25. The minimum atomic E-state index is -0.274. The monoisotopic (exact) mass is 184 g/mol. The Hall–Kier alpha value is -0.830. The van der Waals surface area contributed by atoms with E-state index in [2.05, 4.69) is 13.5 Å². The summed E-state index contributed by atoms with van der Waals surface area (Å²) in [6.45, 7) is 6.97. The smallest absolute Gasteiger partial charge is 0.333 e. The molecule has 3 nitrogen and oxygen atoms in total. The van der Waals surface area contributed by atoms with Crippen LogP contribution in [0.15, 0.2) is 12.2 Å². The van der Waals surface area contributed by atoms with Gasteiger partial charge in [0.05, 0.1) is 19.3 Å². The number of hydrogen-bond acceptors (Lipinski definition) is 3. The molecule has 1 atom stereocenters. The Kier molecular flexibility index (Phi) is 3.96. The zero-order valence-corrected chi connectivity index (χ0v) is 8.04. The molecule has 74 valence electrons. The lowest BCUT2D eigenvalue weighted by Crippen LogP contribution is -2.09. The first kappa shape index (κ1) is 10.3. The fourth-order valence-electron chi connectivity index (χ4n) is 0.955. The van der Waals surface area contributed by atoms with Crippen LogP contribution < -0.4 is 0 Å². The second-order valence-electron chi connectivity index (χ2n) is 3.25. The highest BCUT2D eigenvalue weighted by atomic mass is 16.6. The SMILES string of the molecule is C=C(CC1CO1)C(=O)OCCCC. The Bertz CT molecular complexity index is 194. The highest BCUT2D eigenvalue weighted by molar-refractivity contribution is 5.87. The molecule has 1 aliphatic rings. The zero-order valence-electron chi connectivity index (χ0n) is 8.04. The first-order chi connectivity index (χ1) is 6.24. The highest BCUT2D eigenvalue weighted by Crippen LogP contribution is 2.18. The number of ether oxygens (including phenoxy) is 2. The minimum Gasteiger partial charge on any atom is -0.462 e. The number of unbranched alkanes of at least 4 members (excludes halogenated alkanes) is 1. The third-order valence-electron chi connectivity index (χ3n) is 1.90. The summed E-state index contributed by atoms with van der Waals surface area (Å²) >= 11 is 0. The van der Waals surface area contributed by atoms with Crippen LogP contribution in [-0.4, -0.2) is 25.3 Å². The van der Waals surface area contributed by atoms with Crippen LogP contribution in [0.25, 0.3) is 0 Å². The third kappa shape index (κ3) is 4.08. The van der Waals surface area contributed by atoms with Crippen LogP contribution in [0.1, 0.15) is 26.2 Å². The van der Waals surface area contributed by atoms with Gasteiger partial charge in [-0.05, 0) is 6.42 Å². The average molecular weight is 184 g/mol. The lowest BCUT2D eigenvalue weighted by Gasteiger charge is -2.04. The van der Waals surface area contributed by atoms with E-state index in [4.69, 9.17) is 9.47 Å². The average Bonchev–Trinajstić information content (AvgIpc) is 2.88. The van der Waals surface area contributed by atoms with Crippen molar-refractivity contribution in [2.24, 2.45) is 0 Å². The summed E-state index contributed by atoms with van der Waals surface area (Å²) in [6.07, 6.45) is 2.78. The molecule has 0 spiro atoms.